The van der Waals surface area contributed by atoms with Crippen LogP contribution in [0.25, 0.3) is 11.0 Å². The van der Waals surface area contributed by atoms with Crippen molar-refractivity contribution in [2.24, 2.45) is 0 Å². The van der Waals surface area contributed by atoms with E-state index >= 15 is 0 Å². The first-order valence-corrected chi connectivity index (χ1v) is 5.67. The molecule has 0 amide bonds. The first kappa shape index (κ1) is 12.2. The van der Waals surface area contributed by atoms with E-state index in [1.165, 1.54) is 6.33 Å². The van der Waals surface area contributed by atoms with E-state index in [-0.39, 0.29) is 11.0 Å². The highest BCUT2D eigenvalue weighted by Gasteiger charge is 2.44. The number of fused-ring (bicyclic) bond motifs is 1. The van der Waals surface area contributed by atoms with Crippen LogP contribution in [0.15, 0.2) is 11.1 Å². The Bertz CT molecular complexity index is 653. The number of nitrogens with one attached hydrogen (secondary N) is 2. The number of aliphatic hydroxyl groups is 3. The van der Waals surface area contributed by atoms with Crippen LogP contribution >= 0.6 is 0 Å². The van der Waals surface area contributed by atoms with Crippen LogP contribution in [0.4, 0.5) is 0 Å². The van der Waals surface area contributed by atoms with Crippen molar-refractivity contribution in [1.29, 1.82) is 0 Å². The predicted molar refractivity (Wildman–Crippen MR) is 61.2 cm³/mol. The van der Waals surface area contributed by atoms with Crippen molar-refractivity contribution in [2.45, 2.75) is 24.4 Å². The Labute approximate surface area is 105 Å². The average Bonchev–Trinajstić information content (AvgIpc) is 2.94. The van der Waals surface area contributed by atoms with E-state index in [0.29, 0.717) is 5.69 Å². The molecule has 2 aromatic heterocycles. The molecule has 0 saturated carbocycles. The molecular weight excluding hydrogens is 256 g/mol. The van der Waals surface area contributed by atoms with Crippen LogP contribution in [-0.4, -0.2) is 60.4 Å². The van der Waals surface area contributed by atoms with Gasteiger partial charge in [0.2, 0.25) is 0 Å². The molecule has 9 heteroatoms. The highest BCUT2D eigenvalue weighted by atomic mass is 16.6. The second-order valence-electron chi connectivity index (χ2n) is 4.33. The second-order valence-corrected chi connectivity index (χ2v) is 4.33. The molecule has 1 aliphatic rings. The summed E-state index contributed by atoms with van der Waals surface area (Å²) in [4.78, 5) is 17.9. The second kappa shape index (κ2) is 4.38. The van der Waals surface area contributed by atoms with Crippen molar-refractivity contribution in [3.63, 3.8) is 0 Å². The molecule has 19 heavy (non-hydrogen) atoms. The summed E-state index contributed by atoms with van der Waals surface area (Å²) in [7, 11) is 0. The maximum absolute atomic E-state index is 11.5. The van der Waals surface area contributed by atoms with Crippen molar-refractivity contribution in [2.75, 3.05) is 6.61 Å². The lowest BCUT2D eigenvalue weighted by Gasteiger charge is -2.12. The SMILES string of the molecule is O=c1[nH]cnc2c([C@@H]3O[C@@H](CO)[C@H](O)[C@@H]3O)[nH]nc12. The van der Waals surface area contributed by atoms with Crippen LogP contribution in [0.1, 0.15) is 11.8 Å². The quantitative estimate of drug-likeness (QED) is 0.415. The maximum atomic E-state index is 11.5. The summed E-state index contributed by atoms with van der Waals surface area (Å²) in [5, 5.41) is 35.0. The molecular formula is C10H12N4O5. The number of aliphatic hydroxyl groups excluding tert-OH is 3. The van der Waals surface area contributed by atoms with Crippen molar-refractivity contribution in [3.05, 3.63) is 22.4 Å². The Kier molecular flexibility index (Phi) is 2.82. The van der Waals surface area contributed by atoms with Crippen LogP contribution in [0.5, 0.6) is 0 Å². The Morgan fingerprint density at radius 3 is 2.79 bits per heavy atom. The van der Waals surface area contributed by atoms with Gasteiger partial charge in [0, 0.05) is 0 Å². The molecule has 2 aromatic rings. The van der Waals surface area contributed by atoms with E-state index in [2.05, 4.69) is 20.2 Å². The van der Waals surface area contributed by atoms with E-state index in [1.807, 2.05) is 0 Å². The molecule has 0 spiro atoms. The third-order valence-corrected chi connectivity index (χ3v) is 3.20. The van der Waals surface area contributed by atoms with Crippen molar-refractivity contribution >= 4 is 11.0 Å². The fourth-order valence-corrected chi connectivity index (χ4v) is 2.20. The largest absolute Gasteiger partial charge is 0.394 e. The van der Waals surface area contributed by atoms with E-state index in [1.54, 1.807) is 0 Å². The molecule has 102 valence electrons. The number of hydrogen-bond acceptors (Lipinski definition) is 7. The first-order chi connectivity index (χ1) is 9.13. The molecule has 4 atom stereocenters. The van der Waals surface area contributed by atoms with Crippen LogP contribution < -0.4 is 5.56 Å². The van der Waals surface area contributed by atoms with Gasteiger partial charge in [0.25, 0.3) is 5.56 Å². The lowest BCUT2D eigenvalue weighted by atomic mass is 10.1. The third kappa shape index (κ3) is 1.75. The van der Waals surface area contributed by atoms with E-state index < -0.39 is 36.6 Å². The molecule has 0 aromatic carbocycles. The topological polar surface area (TPSA) is 144 Å². The first-order valence-electron chi connectivity index (χ1n) is 5.67. The van der Waals surface area contributed by atoms with Gasteiger partial charge in [0.1, 0.15) is 29.9 Å². The predicted octanol–water partition coefficient (Wildman–Crippen LogP) is -2.20. The third-order valence-electron chi connectivity index (χ3n) is 3.20. The summed E-state index contributed by atoms with van der Waals surface area (Å²) in [6.07, 6.45) is -3.05. The molecule has 0 unspecified atom stereocenters. The molecule has 3 rings (SSSR count). The number of aromatic nitrogens is 4. The van der Waals surface area contributed by atoms with E-state index in [4.69, 9.17) is 9.84 Å². The number of hydrogen-bond donors (Lipinski definition) is 5. The van der Waals surface area contributed by atoms with Crippen LogP contribution in [0, 0.1) is 0 Å². The zero-order valence-corrected chi connectivity index (χ0v) is 9.65. The summed E-state index contributed by atoms with van der Waals surface area (Å²) in [5.41, 5.74) is 0.233. The number of nitrogens with zero attached hydrogens (tertiary/aromatic N) is 2. The number of H-pyrrole nitrogens is 2. The fraction of sp³-hybridized carbons (Fsp3) is 0.500. The van der Waals surface area contributed by atoms with Gasteiger partial charge in [-0.05, 0) is 0 Å². The van der Waals surface area contributed by atoms with Gasteiger partial charge in [-0.3, -0.25) is 9.89 Å². The summed E-state index contributed by atoms with van der Waals surface area (Å²) in [6.45, 7) is -0.422. The van der Waals surface area contributed by atoms with Crippen molar-refractivity contribution in [1.82, 2.24) is 20.2 Å². The molecule has 3 heterocycles. The lowest BCUT2D eigenvalue weighted by Crippen LogP contribution is -2.32. The summed E-state index contributed by atoms with van der Waals surface area (Å²) < 4.78 is 5.35. The molecule has 0 aliphatic carbocycles. The number of ether oxygens (including phenoxy) is 1. The van der Waals surface area contributed by atoms with Gasteiger partial charge in [-0.1, -0.05) is 0 Å². The Morgan fingerprint density at radius 2 is 2.11 bits per heavy atom. The minimum absolute atomic E-state index is 0.0928. The van der Waals surface area contributed by atoms with Crippen LogP contribution in [0.2, 0.25) is 0 Å². The maximum Gasteiger partial charge on any atom is 0.279 e. The van der Waals surface area contributed by atoms with E-state index in [0.717, 1.165) is 0 Å². The van der Waals surface area contributed by atoms with Gasteiger partial charge in [-0.25, -0.2) is 4.98 Å². The van der Waals surface area contributed by atoms with Crippen molar-refractivity contribution < 1.29 is 20.1 Å². The fourth-order valence-electron chi connectivity index (χ4n) is 2.20. The Hall–Kier alpha value is -1.81. The summed E-state index contributed by atoms with van der Waals surface area (Å²) >= 11 is 0. The van der Waals surface area contributed by atoms with Gasteiger partial charge >= 0.3 is 0 Å². The molecule has 0 bridgehead atoms. The molecule has 1 saturated heterocycles. The molecule has 1 aliphatic heterocycles. The highest BCUT2D eigenvalue weighted by Crippen LogP contribution is 2.34. The highest BCUT2D eigenvalue weighted by molar-refractivity contribution is 5.75. The molecule has 5 N–H and O–H groups in total. The summed E-state index contributed by atoms with van der Waals surface area (Å²) in [5.74, 6) is 0. The normalized spacial score (nSPS) is 31.1. The smallest absolute Gasteiger partial charge is 0.279 e. The molecule has 0 radical (unpaired) electrons. The monoisotopic (exact) mass is 268 g/mol. The minimum Gasteiger partial charge on any atom is -0.394 e. The van der Waals surface area contributed by atoms with Gasteiger partial charge in [-0.2, -0.15) is 5.10 Å². The number of aromatic amines is 2. The van der Waals surface area contributed by atoms with Gasteiger partial charge in [0.15, 0.2) is 5.52 Å². The van der Waals surface area contributed by atoms with E-state index in [9.17, 15) is 15.0 Å². The molecule has 1 fully saturated rings. The Morgan fingerprint density at radius 1 is 1.32 bits per heavy atom. The van der Waals surface area contributed by atoms with Crippen molar-refractivity contribution in [3.8, 4) is 0 Å². The summed E-state index contributed by atoms with van der Waals surface area (Å²) in [6, 6.07) is 0. The Balaban J connectivity index is 2.06. The van der Waals surface area contributed by atoms with Gasteiger partial charge in [-0.15, -0.1) is 0 Å². The van der Waals surface area contributed by atoms with Crippen LogP contribution in [-0.2, 0) is 4.74 Å². The average molecular weight is 268 g/mol. The molecule has 9 nitrogen and oxygen atoms in total. The zero-order chi connectivity index (χ0) is 13.6. The lowest BCUT2D eigenvalue weighted by molar-refractivity contribution is -0.0236. The standard InChI is InChI=1S/C10H12N4O5/c15-1-3-7(16)8(17)9(19-3)5-4-6(14-13-5)10(18)12-2-11-4/h2-3,7-9,15-17H,1H2,(H,13,14)(H,11,12,18)/t3-,7-,8-,9-/m0/s1. The van der Waals surface area contributed by atoms with Crippen LogP contribution in [0.3, 0.4) is 0 Å². The van der Waals surface area contributed by atoms with Gasteiger partial charge < -0.3 is 25.0 Å². The minimum atomic E-state index is -1.23. The van der Waals surface area contributed by atoms with Gasteiger partial charge in [0.05, 0.1) is 18.6 Å². The zero-order valence-electron chi connectivity index (χ0n) is 9.65. The number of rotatable bonds is 2.